The Morgan fingerprint density at radius 3 is 2.40 bits per heavy atom. The van der Waals surface area contributed by atoms with Crippen molar-refractivity contribution < 1.29 is 14.3 Å². The summed E-state index contributed by atoms with van der Waals surface area (Å²) in [4.78, 5) is 17.3. The smallest absolute Gasteiger partial charge is 0.248 e. The number of carbonyl (C=O) groups excluding carboxylic acids is 1. The number of amides is 1. The van der Waals surface area contributed by atoms with Crippen LogP contribution in [0.1, 0.15) is 5.56 Å². The molecule has 1 heterocycles. The highest BCUT2D eigenvalue weighted by atomic mass is 32.1. The van der Waals surface area contributed by atoms with Gasteiger partial charge in [-0.05, 0) is 48.0 Å². The number of carbonyl (C=O) groups is 1. The van der Waals surface area contributed by atoms with Gasteiger partial charge in [-0.2, -0.15) is 0 Å². The Morgan fingerprint density at radius 1 is 0.967 bits per heavy atom. The van der Waals surface area contributed by atoms with E-state index in [1.54, 1.807) is 37.7 Å². The summed E-state index contributed by atoms with van der Waals surface area (Å²) in [6.07, 6.45) is 3.21. The van der Waals surface area contributed by atoms with Crippen LogP contribution in [0.3, 0.4) is 0 Å². The molecule has 1 amide bonds. The maximum absolute atomic E-state index is 12.6. The second kappa shape index (κ2) is 8.80. The molecule has 3 aromatic carbocycles. The fraction of sp³-hybridized carbons (Fsp3) is 0.0833. The zero-order chi connectivity index (χ0) is 20.9. The van der Waals surface area contributed by atoms with Crippen LogP contribution in [0.25, 0.3) is 26.9 Å². The quantitative estimate of drug-likeness (QED) is 0.414. The number of methoxy groups -OCH3 is 2. The van der Waals surface area contributed by atoms with Crippen molar-refractivity contribution in [2.45, 2.75) is 0 Å². The minimum absolute atomic E-state index is 0.231. The first kappa shape index (κ1) is 19.7. The van der Waals surface area contributed by atoms with Crippen molar-refractivity contribution in [1.82, 2.24) is 4.98 Å². The van der Waals surface area contributed by atoms with Gasteiger partial charge in [-0.25, -0.2) is 4.98 Å². The first-order valence-corrected chi connectivity index (χ1v) is 10.1. The van der Waals surface area contributed by atoms with Gasteiger partial charge in [-0.15, -0.1) is 11.3 Å². The van der Waals surface area contributed by atoms with Gasteiger partial charge >= 0.3 is 0 Å². The number of hydrogen-bond donors (Lipinski definition) is 1. The van der Waals surface area contributed by atoms with Crippen molar-refractivity contribution in [3.8, 4) is 22.1 Å². The van der Waals surface area contributed by atoms with Crippen molar-refractivity contribution in [3.63, 3.8) is 0 Å². The van der Waals surface area contributed by atoms with E-state index >= 15 is 0 Å². The van der Waals surface area contributed by atoms with E-state index in [4.69, 9.17) is 14.5 Å². The molecule has 0 saturated heterocycles. The molecule has 6 heteroatoms. The summed E-state index contributed by atoms with van der Waals surface area (Å²) in [5.74, 6) is 1.09. The van der Waals surface area contributed by atoms with Gasteiger partial charge in [-0.3, -0.25) is 4.79 Å². The molecule has 0 unspecified atom stereocenters. The minimum Gasteiger partial charge on any atom is -0.497 e. The number of nitrogens with one attached hydrogen (secondary N) is 1. The number of rotatable bonds is 6. The number of thiazole rings is 1. The van der Waals surface area contributed by atoms with Crippen LogP contribution in [0.2, 0.25) is 0 Å². The van der Waals surface area contributed by atoms with E-state index in [-0.39, 0.29) is 5.91 Å². The zero-order valence-electron chi connectivity index (χ0n) is 16.6. The van der Waals surface area contributed by atoms with Gasteiger partial charge in [0.2, 0.25) is 5.91 Å². The van der Waals surface area contributed by atoms with Gasteiger partial charge in [0.15, 0.2) is 0 Å². The molecule has 0 aliphatic rings. The third kappa shape index (κ3) is 4.34. The molecular formula is C24H20N2O3S. The maximum Gasteiger partial charge on any atom is 0.248 e. The summed E-state index contributed by atoms with van der Waals surface area (Å²) in [5, 5.41) is 3.83. The van der Waals surface area contributed by atoms with Crippen LogP contribution in [-0.2, 0) is 4.79 Å². The van der Waals surface area contributed by atoms with Crippen LogP contribution in [0.5, 0.6) is 11.5 Å². The Balaban J connectivity index is 1.56. The van der Waals surface area contributed by atoms with E-state index in [9.17, 15) is 4.79 Å². The van der Waals surface area contributed by atoms with Crippen molar-refractivity contribution in [3.05, 3.63) is 78.4 Å². The molecule has 0 aliphatic heterocycles. The lowest BCUT2D eigenvalue weighted by Crippen LogP contribution is -2.08. The highest BCUT2D eigenvalue weighted by Crippen LogP contribution is 2.34. The molecule has 0 spiro atoms. The van der Waals surface area contributed by atoms with E-state index in [0.29, 0.717) is 11.5 Å². The van der Waals surface area contributed by atoms with Crippen molar-refractivity contribution in [2.75, 3.05) is 19.5 Å². The molecule has 5 nitrogen and oxygen atoms in total. The summed E-state index contributed by atoms with van der Waals surface area (Å²) in [6.45, 7) is 0. The van der Waals surface area contributed by atoms with Gasteiger partial charge in [-0.1, -0.05) is 24.3 Å². The van der Waals surface area contributed by atoms with Gasteiger partial charge in [0.1, 0.15) is 16.5 Å². The van der Waals surface area contributed by atoms with Crippen molar-refractivity contribution in [1.29, 1.82) is 0 Å². The van der Waals surface area contributed by atoms with E-state index in [2.05, 4.69) is 5.32 Å². The fourth-order valence-electron chi connectivity index (χ4n) is 3.04. The highest BCUT2D eigenvalue weighted by molar-refractivity contribution is 7.21. The van der Waals surface area contributed by atoms with Gasteiger partial charge in [0, 0.05) is 17.7 Å². The first-order valence-electron chi connectivity index (χ1n) is 9.33. The molecule has 0 radical (unpaired) electrons. The Hall–Kier alpha value is -3.64. The number of fused-ring (bicyclic) bond motifs is 1. The van der Waals surface area contributed by atoms with Crippen molar-refractivity contribution >= 4 is 39.2 Å². The number of anilines is 1. The monoisotopic (exact) mass is 416 g/mol. The third-order valence-corrected chi connectivity index (χ3v) is 5.58. The summed E-state index contributed by atoms with van der Waals surface area (Å²) >= 11 is 1.60. The molecule has 0 fully saturated rings. The summed E-state index contributed by atoms with van der Waals surface area (Å²) in [7, 11) is 3.18. The largest absolute Gasteiger partial charge is 0.497 e. The number of ether oxygens (including phenoxy) is 2. The molecule has 150 valence electrons. The standard InChI is InChI=1S/C24H20N2O3S/c1-28-17-13-16(14-18(15-17)29-2)11-12-23(27)25-20-8-4-3-7-19(20)24-26-21-9-5-6-10-22(21)30-24/h3-15H,1-2H3,(H,25,27)/b12-11+. The molecular weight excluding hydrogens is 396 g/mol. The van der Waals surface area contributed by atoms with Crippen molar-refractivity contribution in [2.24, 2.45) is 0 Å². The lowest BCUT2D eigenvalue weighted by molar-refractivity contribution is -0.111. The van der Waals surface area contributed by atoms with E-state index < -0.39 is 0 Å². The lowest BCUT2D eigenvalue weighted by Gasteiger charge is -2.08. The Morgan fingerprint density at radius 2 is 1.67 bits per heavy atom. The fourth-order valence-corrected chi connectivity index (χ4v) is 4.04. The molecule has 1 aromatic heterocycles. The molecule has 0 bridgehead atoms. The number of aromatic nitrogens is 1. The van der Waals surface area contributed by atoms with E-state index in [1.165, 1.54) is 6.08 Å². The Labute approximate surface area is 178 Å². The molecule has 4 rings (SSSR count). The van der Waals surface area contributed by atoms with E-state index in [0.717, 1.165) is 32.0 Å². The average molecular weight is 417 g/mol. The molecule has 1 N–H and O–H groups in total. The minimum atomic E-state index is -0.231. The van der Waals surface area contributed by atoms with Crippen LogP contribution in [0.4, 0.5) is 5.69 Å². The molecule has 0 aliphatic carbocycles. The lowest BCUT2D eigenvalue weighted by atomic mass is 10.1. The Bertz CT molecular complexity index is 1170. The number of nitrogens with zero attached hydrogens (tertiary/aromatic N) is 1. The van der Waals surface area contributed by atoms with Gasteiger partial charge in [0.05, 0.1) is 30.1 Å². The molecule has 0 atom stereocenters. The average Bonchev–Trinajstić information content (AvgIpc) is 3.22. The zero-order valence-corrected chi connectivity index (χ0v) is 17.4. The first-order chi connectivity index (χ1) is 14.7. The topological polar surface area (TPSA) is 60.5 Å². The number of hydrogen-bond acceptors (Lipinski definition) is 5. The van der Waals surface area contributed by atoms with Gasteiger partial charge in [0.25, 0.3) is 0 Å². The van der Waals surface area contributed by atoms with Crippen LogP contribution in [0, 0.1) is 0 Å². The summed E-state index contributed by atoms with van der Waals surface area (Å²) in [6, 6.07) is 21.1. The van der Waals surface area contributed by atoms with Crippen LogP contribution in [0.15, 0.2) is 72.8 Å². The summed E-state index contributed by atoms with van der Waals surface area (Å²) < 4.78 is 11.7. The third-order valence-electron chi connectivity index (χ3n) is 4.51. The second-order valence-corrected chi connectivity index (χ2v) is 7.53. The van der Waals surface area contributed by atoms with Gasteiger partial charge < -0.3 is 14.8 Å². The second-order valence-electron chi connectivity index (χ2n) is 6.50. The molecule has 30 heavy (non-hydrogen) atoms. The highest BCUT2D eigenvalue weighted by Gasteiger charge is 2.11. The molecule has 4 aromatic rings. The SMILES string of the molecule is COc1cc(/C=C/C(=O)Nc2ccccc2-c2nc3ccccc3s2)cc(OC)c1. The maximum atomic E-state index is 12.6. The van der Waals surface area contributed by atoms with Crippen LogP contribution in [-0.4, -0.2) is 25.1 Å². The number of benzene rings is 3. The predicted molar refractivity (Wildman–Crippen MR) is 122 cm³/mol. The van der Waals surface area contributed by atoms with Crippen LogP contribution < -0.4 is 14.8 Å². The normalized spacial score (nSPS) is 11.0. The Kier molecular flexibility index (Phi) is 5.77. The predicted octanol–water partition coefficient (Wildman–Crippen LogP) is 5.63. The van der Waals surface area contributed by atoms with E-state index in [1.807, 2.05) is 60.7 Å². The number of para-hydroxylation sites is 2. The molecule has 0 saturated carbocycles. The van der Waals surface area contributed by atoms with Crippen LogP contribution >= 0.6 is 11.3 Å². The summed E-state index contributed by atoms with van der Waals surface area (Å²) in [5.41, 5.74) is 3.37.